The zero-order valence-electron chi connectivity index (χ0n) is 9.36. The average Bonchev–Trinajstić information content (AvgIpc) is 2.26. The first-order valence-electron chi connectivity index (χ1n) is 5.27. The van der Waals surface area contributed by atoms with Gasteiger partial charge in [-0.25, -0.2) is 0 Å². The monoisotopic (exact) mass is 209 g/mol. The molecule has 3 nitrogen and oxygen atoms in total. The number of aromatic hydroxyl groups is 1. The Balaban J connectivity index is 2.45. The van der Waals surface area contributed by atoms with E-state index in [1.54, 1.807) is 13.2 Å². The first-order chi connectivity index (χ1) is 7.27. The smallest absolute Gasteiger partial charge is 0.120 e. The molecule has 0 aromatic heterocycles. The topological polar surface area (TPSA) is 41.5 Å². The summed E-state index contributed by atoms with van der Waals surface area (Å²) in [7, 11) is 1.70. The Morgan fingerprint density at radius 3 is 2.73 bits per heavy atom. The molecule has 0 aliphatic carbocycles. The molecule has 0 saturated heterocycles. The Bertz CT molecular complexity index is 289. The molecule has 1 atom stereocenters. The lowest BCUT2D eigenvalue weighted by Crippen LogP contribution is -2.31. The Labute approximate surface area is 91.1 Å². The SMILES string of the molecule is CC[C@@H](COC)NCc1ccccc1O. The second-order valence-corrected chi connectivity index (χ2v) is 3.57. The lowest BCUT2D eigenvalue weighted by Gasteiger charge is -2.16. The highest BCUT2D eigenvalue weighted by molar-refractivity contribution is 5.31. The van der Waals surface area contributed by atoms with Crippen LogP contribution in [0.3, 0.4) is 0 Å². The molecule has 2 N–H and O–H groups in total. The second kappa shape index (κ2) is 6.43. The first-order valence-corrected chi connectivity index (χ1v) is 5.27. The van der Waals surface area contributed by atoms with E-state index < -0.39 is 0 Å². The van der Waals surface area contributed by atoms with Crippen LogP contribution < -0.4 is 5.32 Å². The maximum atomic E-state index is 9.55. The van der Waals surface area contributed by atoms with Gasteiger partial charge in [-0.05, 0) is 12.5 Å². The highest BCUT2D eigenvalue weighted by Crippen LogP contribution is 2.15. The van der Waals surface area contributed by atoms with Crippen LogP contribution in [0.2, 0.25) is 0 Å². The van der Waals surface area contributed by atoms with Crippen LogP contribution in [-0.2, 0) is 11.3 Å². The molecule has 0 bridgehead atoms. The van der Waals surface area contributed by atoms with Crippen LogP contribution in [0.15, 0.2) is 24.3 Å². The van der Waals surface area contributed by atoms with Gasteiger partial charge in [-0.2, -0.15) is 0 Å². The second-order valence-electron chi connectivity index (χ2n) is 3.57. The van der Waals surface area contributed by atoms with Crippen LogP contribution in [-0.4, -0.2) is 24.9 Å². The van der Waals surface area contributed by atoms with Gasteiger partial charge in [0.05, 0.1) is 6.61 Å². The molecule has 0 spiro atoms. The van der Waals surface area contributed by atoms with Crippen molar-refractivity contribution in [3.8, 4) is 5.75 Å². The van der Waals surface area contributed by atoms with Crippen molar-refractivity contribution >= 4 is 0 Å². The third-order valence-electron chi connectivity index (χ3n) is 2.43. The fourth-order valence-corrected chi connectivity index (χ4v) is 1.44. The largest absolute Gasteiger partial charge is 0.508 e. The van der Waals surface area contributed by atoms with Crippen molar-refractivity contribution < 1.29 is 9.84 Å². The molecular weight excluding hydrogens is 190 g/mol. The van der Waals surface area contributed by atoms with Crippen molar-refractivity contribution in [2.75, 3.05) is 13.7 Å². The van der Waals surface area contributed by atoms with Gasteiger partial charge >= 0.3 is 0 Å². The van der Waals surface area contributed by atoms with E-state index in [4.69, 9.17) is 4.74 Å². The summed E-state index contributed by atoms with van der Waals surface area (Å²) >= 11 is 0. The summed E-state index contributed by atoms with van der Waals surface area (Å²) in [6, 6.07) is 7.71. The molecule has 0 aliphatic rings. The van der Waals surface area contributed by atoms with Gasteiger partial charge in [-0.1, -0.05) is 25.1 Å². The lowest BCUT2D eigenvalue weighted by atomic mass is 10.1. The van der Waals surface area contributed by atoms with E-state index in [0.29, 0.717) is 24.9 Å². The van der Waals surface area contributed by atoms with Gasteiger partial charge in [0, 0.05) is 25.3 Å². The van der Waals surface area contributed by atoms with Crippen molar-refractivity contribution in [1.29, 1.82) is 0 Å². The van der Waals surface area contributed by atoms with Gasteiger partial charge in [0.25, 0.3) is 0 Å². The summed E-state index contributed by atoms with van der Waals surface area (Å²) in [5, 5.41) is 12.9. The van der Waals surface area contributed by atoms with E-state index in [1.165, 1.54) is 0 Å². The normalized spacial score (nSPS) is 12.7. The van der Waals surface area contributed by atoms with Crippen LogP contribution in [0.4, 0.5) is 0 Å². The molecule has 3 heteroatoms. The minimum absolute atomic E-state index is 0.342. The van der Waals surface area contributed by atoms with E-state index in [2.05, 4.69) is 12.2 Å². The number of hydrogen-bond donors (Lipinski definition) is 2. The predicted molar refractivity (Wildman–Crippen MR) is 60.9 cm³/mol. The molecule has 0 unspecified atom stereocenters. The number of phenolic OH excluding ortho intramolecular Hbond substituents is 1. The van der Waals surface area contributed by atoms with E-state index in [0.717, 1.165) is 12.0 Å². The predicted octanol–water partition coefficient (Wildman–Crippen LogP) is 1.91. The number of phenols is 1. The molecule has 0 radical (unpaired) electrons. The van der Waals surface area contributed by atoms with Crippen LogP contribution in [0.5, 0.6) is 5.75 Å². The summed E-state index contributed by atoms with van der Waals surface area (Å²) < 4.78 is 5.09. The van der Waals surface area contributed by atoms with E-state index in [1.807, 2.05) is 18.2 Å². The van der Waals surface area contributed by atoms with Gasteiger partial charge in [0.15, 0.2) is 0 Å². The van der Waals surface area contributed by atoms with Crippen molar-refractivity contribution in [2.45, 2.75) is 25.9 Å². The van der Waals surface area contributed by atoms with Crippen molar-refractivity contribution in [2.24, 2.45) is 0 Å². The molecule has 0 amide bonds. The number of methoxy groups -OCH3 is 1. The van der Waals surface area contributed by atoms with Crippen LogP contribution in [0.1, 0.15) is 18.9 Å². The van der Waals surface area contributed by atoms with Crippen molar-refractivity contribution in [3.63, 3.8) is 0 Å². The fraction of sp³-hybridized carbons (Fsp3) is 0.500. The standard InChI is InChI=1S/C12H19NO2/c1-3-11(9-15-2)13-8-10-6-4-5-7-12(10)14/h4-7,11,13-14H,3,8-9H2,1-2H3/t11-/m0/s1. The van der Waals surface area contributed by atoms with E-state index in [-0.39, 0.29) is 0 Å². The zero-order chi connectivity index (χ0) is 11.1. The quantitative estimate of drug-likeness (QED) is 0.752. The van der Waals surface area contributed by atoms with Crippen LogP contribution in [0, 0.1) is 0 Å². The highest BCUT2D eigenvalue weighted by Gasteiger charge is 2.06. The molecule has 1 rings (SSSR count). The van der Waals surface area contributed by atoms with Gasteiger partial charge in [0.2, 0.25) is 0 Å². The number of hydrogen-bond acceptors (Lipinski definition) is 3. The molecule has 0 aliphatic heterocycles. The Hall–Kier alpha value is -1.06. The van der Waals surface area contributed by atoms with Gasteiger partial charge in [-0.3, -0.25) is 0 Å². The summed E-state index contributed by atoms with van der Waals surface area (Å²) in [5.74, 6) is 0.345. The molecular formula is C12H19NO2. The first kappa shape index (κ1) is 12.0. The maximum Gasteiger partial charge on any atom is 0.120 e. The minimum Gasteiger partial charge on any atom is -0.508 e. The molecule has 15 heavy (non-hydrogen) atoms. The number of nitrogens with one attached hydrogen (secondary N) is 1. The number of rotatable bonds is 6. The third kappa shape index (κ3) is 3.90. The van der Waals surface area contributed by atoms with Gasteiger partial charge < -0.3 is 15.2 Å². The van der Waals surface area contributed by atoms with Gasteiger partial charge in [-0.15, -0.1) is 0 Å². The Morgan fingerprint density at radius 1 is 1.40 bits per heavy atom. The number of ether oxygens (including phenoxy) is 1. The summed E-state index contributed by atoms with van der Waals surface area (Å²) in [5.41, 5.74) is 0.923. The molecule has 0 saturated carbocycles. The molecule has 1 aromatic carbocycles. The Kier molecular flexibility index (Phi) is 5.15. The molecule has 84 valence electrons. The molecule has 0 heterocycles. The molecule has 1 aromatic rings. The summed E-state index contributed by atoms with van der Waals surface area (Å²) in [6.45, 7) is 3.49. The lowest BCUT2D eigenvalue weighted by molar-refractivity contribution is 0.163. The highest BCUT2D eigenvalue weighted by atomic mass is 16.5. The van der Waals surface area contributed by atoms with E-state index >= 15 is 0 Å². The zero-order valence-corrected chi connectivity index (χ0v) is 9.36. The van der Waals surface area contributed by atoms with Crippen molar-refractivity contribution in [1.82, 2.24) is 5.32 Å². The van der Waals surface area contributed by atoms with E-state index in [9.17, 15) is 5.11 Å². The van der Waals surface area contributed by atoms with Crippen LogP contribution in [0.25, 0.3) is 0 Å². The van der Waals surface area contributed by atoms with Crippen LogP contribution >= 0.6 is 0 Å². The minimum atomic E-state index is 0.342. The Morgan fingerprint density at radius 2 is 2.13 bits per heavy atom. The maximum absolute atomic E-state index is 9.55. The average molecular weight is 209 g/mol. The molecule has 0 fully saturated rings. The number of para-hydroxylation sites is 1. The summed E-state index contributed by atoms with van der Waals surface area (Å²) in [4.78, 5) is 0. The van der Waals surface area contributed by atoms with Crippen molar-refractivity contribution in [3.05, 3.63) is 29.8 Å². The van der Waals surface area contributed by atoms with Gasteiger partial charge in [0.1, 0.15) is 5.75 Å². The number of benzene rings is 1. The summed E-state index contributed by atoms with van der Waals surface area (Å²) in [6.07, 6.45) is 1.02. The fourth-order valence-electron chi connectivity index (χ4n) is 1.44. The third-order valence-corrected chi connectivity index (χ3v) is 2.43.